The molecule has 0 aromatic carbocycles. The highest BCUT2D eigenvalue weighted by Gasteiger charge is 2.28. The first-order chi connectivity index (χ1) is 6.77. The van der Waals surface area contributed by atoms with Gasteiger partial charge in [-0.1, -0.05) is 13.3 Å². The van der Waals surface area contributed by atoms with Crippen molar-refractivity contribution in [3.05, 3.63) is 0 Å². The molecule has 1 aliphatic carbocycles. The molecule has 3 atom stereocenters. The highest BCUT2D eigenvalue weighted by Crippen LogP contribution is 2.25. The Hall–Kier alpha value is -0.280. The van der Waals surface area contributed by atoms with Gasteiger partial charge in [-0.05, 0) is 31.7 Å². The minimum atomic E-state index is 0. The number of halogens is 1. The summed E-state index contributed by atoms with van der Waals surface area (Å²) in [5.74, 6) is 1.17. The van der Waals surface area contributed by atoms with E-state index in [0.29, 0.717) is 12.0 Å². The van der Waals surface area contributed by atoms with Crippen LogP contribution in [0.3, 0.4) is 0 Å². The lowest BCUT2D eigenvalue weighted by atomic mass is 10.0. The first-order valence-electron chi connectivity index (χ1n) is 5.78. The van der Waals surface area contributed by atoms with E-state index in [0.717, 1.165) is 19.5 Å². The summed E-state index contributed by atoms with van der Waals surface area (Å²) in [5.41, 5.74) is 0. The van der Waals surface area contributed by atoms with E-state index in [1.807, 2.05) is 0 Å². The molecule has 2 N–H and O–H groups in total. The Morgan fingerprint density at radius 1 is 1.33 bits per heavy atom. The summed E-state index contributed by atoms with van der Waals surface area (Å²) in [7, 11) is 0. The fourth-order valence-corrected chi connectivity index (χ4v) is 2.54. The third-order valence-electron chi connectivity index (χ3n) is 3.62. The van der Waals surface area contributed by atoms with Gasteiger partial charge in [-0.15, -0.1) is 12.4 Å². The third-order valence-corrected chi connectivity index (χ3v) is 3.62. The van der Waals surface area contributed by atoms with Gasteiger partial charge < -0.3 is 10.6 Å². The van der Waals surface area contributed by atoms with Crippen LogP contribution >= 0.6 is 12.4 Å². The van der Waals surface area contributed by atoms with Crippen LogP contribution in [0.5, 0.6) is 0 Å². The first kappa shape index (κ1) is 12.8. The SMILES string of the molecule is CC1CCCC1NC(=O)[C@@H]1CCNC1.Cl. The van der Waals surface area contributed by atoms with Crippen molar-refractivity contribution in [2.75, 3.05) is 13.1 Å². The zero-order valence-electron chi connectivity index (χ0n) is 9.29. The number of carbonyl (C=O) groups is 1. The molecule has 0 radical (unpaired) electrons. The summed E-state index contributed by atoms with van der Waals surface area (Å²) >= 11 is 0. The van der Waals surface area contributed by atoms with Crippen LogP contribution in [0, 0.1) is 11.8 Å². The molecule has 1 saturated heterocycles. The Morgan fingerprint density at radius 3 is 2.67 bits per heavy atom. The standard InChI is InChI=1S/C11H20N2O.ClH/c1-8-3-2-4-10(8)13-11(14)9-5-6-12-7-9;/h8-10,12H,2-7H2,1H3,(H,13,14);1H/t8?,9-,10?;/m1./s1. The summed E-state index contributed by atoms with van der Waals surface area (Å²) in [4.78, 5) is 11.8. The molecule has 1 saturated carbocycles. The molecule has 1 amide bonds. The molecule has 2 rings (SSSR count). The van der Waals surface area contributed by atoms with Crippen molar-refractivity contribution in [2.24, 2.45) is 11.8 Å². The largest absolute Gasteiger partial charge is 0.353 e. The molecule has 88 valence electrons. The molecule has 4 heteroatoms. The summed E-state index contributed by atoms with van der Waals surface area (Å²) < 4.78 is 0. The lowest BCUT2D eigenvalue weighted by molar-refractivity contribution is -0.125. The van der Waals surface area contributed by atoms with Crippen LogP contribution in [0.1, 0.15) is 32.6 Å². The summed E-state index contributed by atoms with van der Waals surface area (Å²) in [6.07, 6.45) is 4.73. The van der Waals surface area contributed by atoms with Crippen LogP contribution in [0.15, 0.2) is 0 Å². The van der Waals surface area contributed by atoms with E-state index >= 15 is 0 Å². The van der Waals surface area contributed by atoms with Gasteiger partial charge in [-0.3, -0.25) is 4.79 Å². The quantitative estimate of drug-likeness (QED) is 0.754. The van der Waals surface area contributed by atoms with Crippen molar-refractivity contribution < 1.29 is 4.79 Å². The Morgan fingerprint density at radius 2 is 2.13 bits per heavy atom. The van der Waals surface area contributed by atoms with E-state index < -0.39 is 0 Å². The smallest absolute Gasteiger partial charge is 0.224 e. The minimum Gasteiger partial charge on any atom is -0.353 e. The van der Waals surface area contributed by atoms with Gasteiger partial charge in [0.15, 0.2) is 0 Å². The van der Waals surface area contributed by atoms with E-state index in [4.69, 9.17) is 0 Å². The number of amides is 1. The average molecular weight is 233 g/mol. The zero-order chi connectivity index (χ0) is 9.97. The monoisotopic (exact) mass is 232 g/mol. The van der Waals surface area contributed by atoms with E-state index in [1.54, 1.807) is 0 Å². The lowest BCUT2D eigenvalue weighted by Crippen LogP contribution is -2.40. The van der Waals surface area contributed by atoms with Gasteiger partial charge in [0.1, 0.15) is 0 Å². The molecule has 15 heavy (non-hydrogen) atoms. The van der Waals surface area contributed by atoms with E-state index in [9.17, 15) is 4.79 Å². The number of hydrogen-bond donors (Lipinski definition) is 2. The Kier molecular flexibility index (Phi) is 4.87. The Balaban J connectivity index is 0.00000112. The van der Waals surface area contributed by atoms with Gasteiger partial charge in [-0.2, -0.15) is 0 Å². The fourth-order valence-electron chi connectivity index (χ4n) is 2.54. The third kappa shape index (κ3) is 3.08. The fraction of sp³-hybridized carbons (Fsp3) is 0.909. The van der Waals surface area contributed by atoms with Crippen molar-refractivity contribution in [1.82, 2.24) is 10.6 Å². The van der Waals surface area contributed by atoms with Crippen molar-refractivity contribution in [3.8, 4) is 0 Å². The van der Waals surface area contributed by atoms with E-state index in [-0.39, 0.29) is 24.2 Å². The van der Waals surface area contributed by atoms with Gasteiger partial charge in [0.2, 0.25) is 5.91 Å². The van der Waals surface area contributed by atoms with Crippen molar-refractivity contribution in [1.29, 1.82) is 0 Å². The molecule has 0 aromatic heterocycles. The second-order valence-electron chi connectivity index (χ2n) is 4.71. The van der Waals surface area contributed by atoms with E-state index in [2.05, 4.69) is 17.6 Å². The highest BCUT2D eigenvalue weighted by atomic mass is 35.5. The molecule has 0 spiro atoms. The molecule has 2 fully saturated rings. The van der Waals surface area contributed by atoms with Crippen LogP contribution in [0.4, 0.5) is 0 Å². The molecule has 0 aromatic rings. The van der Waals surface area contributed by atoms with Crippen molar-refractivity contribution in [2.45, 2.75) is 38.6 Å². The maximum atomic E-state index is 11.8. The molecule has 3 nitrogen and oxygen atoms in total. The first-order valence-corrected chi connectivity index (χ1v) is 5.78. The summed E-state index contributed by atoms with van der Waals surface area (Å²) in [6.45, 7) is 4.11. The molecular formula is C11H21ClN2O. The van der Waals surface area contributed by atoms with Gasteiger partial charge in [0, 0.05) is 12.6 Å². The predicted molar refractivity (Wildman–Crippen MR) is 63.2 cm³/mol. The number of rotatable bonds is 2. The van der Waals surface area contributed by atoms with Crippen LogP contribution in [0.2, 0.25) is 0 Å². The number of carbonyl (C=O) groups excluding carboxylic acids is 1. The maximum absolute atomic E-state index is 11.8. The molecular weight excluding hydrogens is 212 g/mol. The maximum Gasteiger partial charge on any atom is 0.224 e. The van der Waals surface area contributed by atoms with Gasteiger partial charge >= 0.3 is 0 Å². The van der Waals surface area contributed by atoms with Crippen LogP contribution in [-0.4, -0.2) is 25.0 Å². The predicted octanol–water partition coefficient (Wildman–Crippen LogP) is 1.32. The van der Waals surface area contributed by atoms with Crippen molar-refractivity contribution in [3.63, 3.8) is 0 Å². The topological polar surface area (TPSA) is 41.1 Å². The molecule has 1 heterocycles. The lowest BCUT2D eigenvalue weighted by Gasteiger charge is -2.19. The Bertz CT molecular complexity index is 217. The zero-order valence-corrected chi connectivity index (χ0v) is 10.1. The molecule has 0 bridgehead atoms. The minimum absolute atomic E-state index is 0. The highest BCUT2D eigenvalue weighted by molar-refractivity contribution is 5.85. The van der Waals surface area contributed by atoms with Crippen LogP contribution in [-0.2, 0) is 4.79 Å². The molecule has 2 unspecified atom stereocenters. The van der Waals surface area contributed by atoms with Gasteiger partial charge in [0.25, 0.3) is 0 Å². The van der Waals surface area contributed by atoms with Gasteiger partial charge in [0.05, 0.1) is 5.92 Å². The molecule has 1 aliphatic heterocycles. The second kappa shape index (κ2) is 5.71. The van der Waals surface area contributed by atoms with Crippen LogP contribution < -0.4 is 10.6 Å². The van der Waals surface area contributed by atoms with E-state index in [1.165, 1.54) is 19.3 Å². The summed E-state index contributed by atoms with van der Waals surface area (Å²) in [6, 6.07) is 0.447. The second-order valence-corrected chi connectivity index (χ2v) is 4.71. The van der Waals surface area contributed by atoms with Crippen LogP contribution in [0.25, 0.3) is 0 Å². The number of nitrogens with one attached hydrogen (secondary N) is 2. The Labute approximate surface area is 97.8 Å². The summed E-state index contributed by atoms with van der Waals surface area (Å²) in [5, 5.41) is 6.42. The molecule has 2 aliphatic rings. The van der Waals surface area contributed by atoms with Crippen molar-refractivity contribution >= 4 is 18.3 Å². The van der Waals surface area contributed by atoms with Gasteiger partial charge in [-0.25, -0.2) is 0 Å². The number of hydrogen-bond acceptors (Lipinski definition) is 2. The normalized spacial score (nSPS) is 34.9. The average Bonchev–Trinajstić information content (AvgIpc) is 2.77.